The van der Waals surface area contributed by atoms with Crippen LogP contribution >= 0.6 is 0 Å². The summed E-state index contributed by atoms with van der Waals surface area (Å²) in [6.45, 7) is 13.6. The molecule has 0 radical (unpaired) electrons. The summed E-state index contributed by atoms with van der Waals surface area (Å²) in [5, 5.41) is 45.9. The van der Waals surface area contributed by atoms with Gasteiger partial charge in [0.05, 0.1) is 63.5 Å². The maximum atomic E-state index is 5.66. The average molecular weight is 982 g/mol. The quantitative estimate of drug-likeness (QED) is 0.0466. The summed E-state index contributed by atoms with van der Waals surface area (Å²) < 4.78 is 5.66. The minimum Gasteiger partial charge on any atom is -0.494 e. The van der Waals surface area contributed by atoms with Gasteiger partial charge in [-0.1, -0.05) is 88.6 Å². The van der Waals surface area contributed by atoms with E-state index in [1.165, 1.54) is 42.5 Å². The lowest BCUT2D eigenvalue weighted by atomic mass is 10.1. The second-order valence-corrected chi connectivity index (χ2v) is 17.6. The maximum Gasteiger partial charge on any atom is 0.119 e. The van der Waals surface area contributed by atoms with E-state index in [1.807, 2.05) is 146 Å². The topological polar surface area (TPSA) is 136 Å². The average Bonchev–Trinajstić information content (AvgIpc) is 3.45. The molecule has 0 fully saturated rings. The summed E-state index contributed by atoms with van der Waals surface area (Å²) in [5.41, 5.74) is 11.7. The highest BCUT2D eigenvalue weighted by Crippen LogP contribution is 2.36. The third kappa shape index (κ3) is 16.9. The Labute approximate surface area is 436 Å². The molecule has 8 aromatic carbocycles. The number of rotatable bonds is 23. The van der Waals surface area contributed by atoms with Gasteiger partial charge >= 0.3 is 0 Å². The van der Waals surface area contributed by atoms with Crippen molar-refractivity contribution in [1.29, 1.82) is 0 Å². The monoisotopic (exact) mass is 982 g/mol. The highest BCUT2D eigenvalue weighted by Gasteiger charge is 2.07. The Hall–Kier alpha value is -8.38. The predicted molar refractivity (Wildman–Crippen MR) is 305 cm³/mol. The van der Waals surface area contributed by atoms with Gasteiger partial charge in [-0.25, -0.2) is 0 Å². The first-order valence-corrected chi connectivity index (χ1v) is 26.0. The van der Waals surface area contributed by atoms with E-state index in [9.17, 15) is 0 Å². The molecule has 0 aliphatic rings. The van der Waals surface area contributed by atoms with Gasteiger partial charge in [-0.15, -0.1) is 10.2 Å². The van der Waals surface area contributed by atoms with E-state index in [0.29, 0.717) is 0 Å². The van der Waals surface area contributed by atoms with Crippen LogP contribution in [0.4, 0.5) is 62.6 Å². The molecule has 0 aliphatic heterocycles. The van der Waals surface area contributed by atoms with Crippen molar-refractivity contribution in [2.24, 2.45) is 51.1 Å². The molecule has 12 nitrogen and oxygen atoms in total. The van der Waals surface area contributed by atoms with Crippen molar-refractivity contribution in [1.82, 2.24) is 0 Å². The Balaban J connectivity index is 0.000000228. The summed E-state index contributed by atoms with van der Waals surface area (Å²) in [7, 11) is 0. The standard InChI is InChI=1S/C36H37N7.C26H30N4O/c1-4-7-10-27-13-15-28(16-14-27)37-38-29-17-19-30(20-18-29)39-41-35-25-26-36(34-12-9-8-11-33(34)35)42-40-31-21-23-32(24-22-31)43(5-2)6-3;1-3-5-7-21-8-10-22(11-9-21)27-28-23-12-14-24(15-13-23)29-30-25-16-18-26(19-17-25)31-20-6-4-2/h8-9,11-26H,4-7,10H2,1-3H3;8-19H,3-7,20H2,1-2H3. The number of aryl methyl sites for hydroxylation is 2. The largest absolute Gasteiger partial charge is 0.494 e. The normalized spacial score (nSPS) is 11.6. The molecular weight excluding hydrogens is 915 g/mol. The molecule has 0 atom stereocenters. The highest BCUT2D eigenvalue weighted by molar-refractivity contribution is 5.99. The van der Waals surface area contributed by atoms with Crippen molar-refractivity contribution in [3.8, 4) is 5.75 Å². The van der Waals surface area contributed by atoms with Crippen LogP contribution in [0.2, 0.25) is 0 Å². The smallest absolute Gasteiger partial charge is 0.119 e. The third-order valence-corrected chi connectivity index (χ3v) is 12.1. The van der Waals surface area contributed by atoms with Crippen LogP contribution in [0.5, 0.6) is 5.75 Å². The lowest BCUT2D eigenvalue weighted by Gasteiger charge is -2.20. The summed E-state index contributed by atoms with van der Waals surface area (Å²) in [6, 6.07) is 59.4. The first-order valence-electron chi connectivity index (χ1n) is 26.0. The second-order valence-electron chi connectivity index (χ2n) is 17.6. The number of nitrogens with zero attached hydrogens (tertiary/aromatic N) is 11. The van der Waals surface area contributed by atoms with Crippen molar-refractivity contribution in [3.63, 3.8) is 0 Å². The van der Waals surface area contributed by atoms with E-state index in [0.717, 1.165) is 119 Å². The second kappa shape index (κ2) is 29.2. The summed E-state index contributed by atoms with van der Waals surface area (Å²) in [4.78, 5) is 2.30. The molecule has 8 aromatic rings. The molecule has 0 amide bonds. The predicted octanol–water partition coefficient (Wildman–Crippen LogP) is 21.3. The number of azo groups is 5. The number of benzene rings is 8. The van der Waals surface area contributed by atoms with Crippen molar-refractivity contribution in [2.75, 3.05) is 24.6 Å². The molecule has 0 N–H and O–H groups in total. The van der Waals surface area contributed by atoms with Crippen molar-refractivity contribution in [2.45, 2.75) is 86.0 Å². The molecule has 376 valence electrons. The summed E-state index contributed by atoms with van der Waals surface area (Å²) >= 11 is 0. The molecule has 0 bridgehead atoms. The van der Waals surface area contributed by atoms with Crippen molar-refractivity contribution >= 4 is 73.3 Å². The fourth-order valence-corrected chi connectivity index (χ4v) is 7.67. The number of unbranched alkanes of at least 4 members (excludes halogenated alkanes) is 3. The summed E-state index contributed by atoms with van der Waals surface area (Å²) in [5.74, 6) is 0.859. The number of hydrogen-bond acceptors (Lipinski definition) is 12. The van der Waals surface area contributed by atoms with Crippen LogP contribution in [0.15, 0.2) is 233 Å². The first-order chi connectivity index (χ1) is 36.4. The van der Waals surface area contributed by atoms with E-state index in [-0.39, 0.29) is 0 Å². The molecule has 0 heterocycles. The SMILES string of the molecule is CCCCOc1ccc(N=Nc2ccc(N=Nc3ccc(CCCC)cc3)cc2)cc1.CCCCc1ccc(N=Nc2ccc(N=Nc3ccc(N=Nc4ccc(N(CC)CC)cc4)c4ccccc34)cc2)cc1. The lowest BCUT2D eigenvalue weighted by molar-refractivity contribution is 0.309. The van der Waals surface area contributed by atoms with Gasteiger partial charge in [0.2, 0.25) is 0 Å². The van der Waals surface area contributed by atoms with Gasteiger partial charge < -0.3 is 9.64 Å². The molecule has 8 rings (SSSR count). The molecule has 74 heavy (non-hydrogen) atoms. The van der Waals surface area contributed by atoms with Crippen LogP contribution in [0, 0.1) is 0 Å². The first kappa shape index (κ1) is 53.4. The van der Waals surface area contributed by atoms with Gasteiger partial charge in [0, 0.05) is 29.5 Å². The van der Waals surface area contributed by atoms with Crippen LogP contribution in [0.1, 0.15) is 84.3 Å². The zero-order valence-corrected chi connectivity index (χ0v) is 43.4. The molecule has 0 saturated heterocycles. The van der Waals surface area contributed by atoms with E-state index < -0.39 is 0 Å². The maximum absolute atomic E-state index is 5.66. The van der Waals surface area contributed by atoms with E-state index in [4.69, 9.17) is 4.74 Å². The van der Waals surface area contributed by atoms with Crippen LogP contribution in [-0.2, 0) is 12.8 Å². The Kier molecular flexibility index (Phi) is 21.1. The minimum absolute atomic E-state index is 0.736. The number of fused-ring (bicyclic) bond motifs is 1. The number of anilines is 1. The molecular formula is C62H67N11O. The van der Waals surface area contributed by atoms with Crippen LogP contribution < -0.4 is 9.64 Å². The lowest BCUT2D eigenvalue weighted by Crippen LogP contribution is -2.21. The molecule has 0 aromatic heterocycles. The Morgan fingerprint density at radius 1 is 0.324 bits per heavy atom. The fourth-order valence-electron chi connectivity index (χ4n) is 7.67. The Morgan fingerprint density at radius 2 is 0.635 bits per heavy atom. The Bertz CT molecular complexity index is 3070. The molecule has 0 saturated carbocycles. The van der Waals surface area contributed by atoms with Crippen molar-refractivity contribution in [3.05, 3.63) is 193 Å². The molecule has 0 unspecified atom stereocenters. The number of hydrogen-bond donors (Lipinski definition) is 0. The van der Waals surface area contributed by atoms with Gasteiger partial charge in [0.25, 0.3) is 0 Å². The van der Waals surface area contributed by atoms with Gasteiger partial charge in [0.15, 0.2) is 0 Å². The number of ether oxygens (including phenoxy) is 1. The minimum atomic E-state index is 0.736. The van der Waals surface area contributed by atoms with Gasteiger partial charge in [-0.3, -0.25) is 0 Å². The van der Waals surface area contributed by atoms with Crippen LogP contribution in [0.25, 0.3) is 10.8 Å². The fraction of sp³-hybridized carbons (Fsp3) is 0.258. The highest BCUT2D eigenvalue weighted by atomic mass is 16.5. The van der Waals surface area contributed by atoms with Crippen LogP contribution in [-0.4, -0.2) is 19.7 Å². The van der Waals surface area contributed by atoms with Gasteiger partial charge in [-0.05, 0) is 191 Å². The van der Waals surface area contributed by atoms with Crippen LogP contribution in [0.3, 0.4) is 0 Å². The zero-order chi connectivity index (χ0) is 51.6. The van der Waals surface area contributed by atoms with Crippen molar-refractivity contribution < 1.29 is 4.74 Å². The zero-order valence-electron chi connectivity index (χ0n) is 43.4. The van der Waals surface area contributed by atoms with Gasteiger partial charge in [0.1, 0.15) is 5.75 Å². The molecule has 0 spiro atoms. The van der Waals surface area contributed by atoms with E-state index in [2.05, 4.69) is 127 Å². The van der Waals surface area contributed by atoms with Gasteiger partial charge in [-0.2, -0.15) is 40.9 Å². The molecule has 12 heteroatoms. The third-order valence-electron chi connectivity index (χ3n) is 12.1. The Morgan fingerprint density at radius 3 is 0.973 bits per heavy atom. The molecule has 0 aliphatic carbocycles. The van der Waals surface area contributed by atoms with E-state index >= 15 is 0 Å². The van der Waals surface area contributed by atoms with E-state index in [1.54, 1.807) is 0 Å². The summed E-state index contributed by atoms with van der Waals surface area (Å²) in [6.07, 6.45) is 9.20.